The third kappa shape index (κ3) is 3.13. The van der Waals surface area contributed by atoms with Gasteiger partial charge < -0.3 is 0 Å². The summed E-state index contributed by atoms with van der Waals surface area (Å²) in [5.41, 5.74) is 2.56. The zero-order valence-electron chi connectivity index (χ0n) is 12.5. The van der Waals surface area contributed by atoms with Crippen molar-refractivity contribution >= 4 is 33.3 Å². The van der Waals surface area contributed by atoms with Crippen LogP contribution in [-0.4, -0.2) is 20.9 Å². The van der Waals surface area contributed by atoms with E-state index in [1.807, 2.05) is 6.92 Å². The largest absolute Gasteiger partial charge is 0.238 e. The SMILES string of the molecule is CCCCSc1nnc(-c2ccc(F)cc2)c2sc(C)nc12. The summed E-state index contributed by atoms with van der Waals surface area (Å²) in [4.78, 5) is 4.62. The fourth-order valence-corrected chi connectivity index (χ4v) is 4.13. The summed E-state index contributed by atoms with van der Waals surface area (Å²) in [5, 5.41) is 10.6. The highest BCUT2D eigenvalue weighted by molar-refractivity contribution is 7.99. The molecule has 0 bridgehead atoms. The molecule has 0 aliphatic carbocycles. The summed E-state index contributed by atoms with van der Waals surface area (Å²) in [6.07, 6.45) is 2.31. The molecule has 6 heteroatoms. The first-order valence-corrected chi connectivity index (χ1v) is 9.02. The Morgan fingerprint density at radius 3 is 2.68 bits per heavy atom. The number of benzene rings is 1. The lowest BCUT2D eigenvalue weighted by molar-refractivity contribution is 0.628. The van der Waals surface area contributed by atoms with E-state index in [2.05, 4.69) is 22.1 Å². The zero-order chi connectivity index (χ0) is 15.5. The van der Waals surface area contributed by atoms with Gasteiger partial charge in [-0.2, -0.15) is 0 Å². The molecule has 0 unspecified atom stereocenters. The fraction of sp³-hybridized carbons (Fsp3) is 0.312. The standard InChI is InChI=1S/C16H16FN3S2/c1-3-4-9-21-16-14-15(22-10(2)18-14)13(19-20-16)11-5-7-12(17)8-6-11/h5-8H,3-4,9H2,1-2H3. The Morgan fingerprint density at radius 2 is 1.95 bits per heavy atom. The molecule has 2 heterocycles. The Labute approximate surface area is 137 Å². The molecule has 0 amide bonds. The van der Waals surface area contributed by atoms with Gasteiger partial charge in [0.25, 0.3) is 0 Å². The first-order valence-electron chi connectivity index (χ1n) is 7.21. The molecule has 0 N–H and O–H groups in total. The van der Waals surface area contributed by atoms with Crippen molar-refractivity contribution in [2.75, 3.05) is 5.75 Å². The van der Waals surface area contributed by atoms with E-state index >= 15 is 0 Å². The van der Waals surface area contributed by atoms with Gasteiger partial charge in [-0.05, 0) is 43.4 Å². The van der Waals surface area contributed by atoms with Gasteiger partial charge in [-0.15, -0.1) is 33.3 Å². The quantitative estimate of drug-likeness (QED) is 0.481. The van der Waals surface area contributed by atoms with Crippen LogP contribution < -0.4 is 0 Å². The lowest BCUT2D eigenvalue weighted by atomic mass is 10.1. The number of aryl methyl sites for hydroxylation is 1. The van der Waals surface area contributed by atoms with E-state index in [4.69, 9.17) is 0 Å². The van der Waals surface area contributed by atoms with E-state index in [-0.39, 0.29) is 5.82 Å². The summed E-state index contributed by atoms with van der Waals surface area (Å²) in [6, 6.07) is 6.36. The number of hydrogen-bond donors (Lipinski definition) is 0. The van der Waals surface area contributed by atoms with Gasteiger partial charge in [-0.25, -0.2) is 9.37 Å². The van der Waals surface area contributed by atoms with Gasteiger partial charge in [0.2, 0.25) is 0 Å². The van der Waals surface area contributed by atoms with Crippen molar-refractivity contribution in [2.24, 2.45) is 0 Å². The monoisotopic (exact) mass is 333 g/mol. The molecule has 0 aliphatic heterocycles. The van der Waals surface area contributed by atoms with Gasteiger partial charge in [0, 0.05) is 5.56 Å². The summed E-state index contributed by atoms with van der Waals surface area (Å²) >= 11 is 3.32. The van der Waals surface area contributed by atoms with E-state index in [0.29, 0.717) is 0 Å². The maximum atomic E-state index is 13.1. The van der Waals surface area contributed by atoms with Gasteiger partial charge in [-0.1, -0.05) is 13.3 Å². The van der Waals surface area contributed by atoms with Gasteiger partial charge in [-0.3, -0.25) is 0 Å². The molecule has 114 valence electrons. The Kier molecular flexibility index (Phi) is 4.69. The van der Waals surface area contributed by atoms with E-state index in [9.17, 15) is 4.39 Å². The summed E-state index contributed by atoms with van der Waals surface area (Å²) in [5.74, 6) is 0.771. The van der Waals surface area contributed by atoms with E-state index in [0.717, 1.165) is 50.1 Å². The van der Waals surface area contributed by atoms with Crippen LogP contribution in [0.3, 0.4) is 0 Å². The predicted molar refractivity (Wildman–Crippen MR) is 91.0 cm³/mol. The summed E-state index contributed by atoms with van der Waals surface area (Å²) in [6.45, 7) is 4.16. The average molecular weight is 333 g/mol. The highest BCUT2D eigenvalue weighted by atomic mass is 32.2. The topological polar surface area (TPSA) is 38.7 Å². The Balaban J connectivity index is 2.05. The molecule has 0 fully saturated rings. The minimum Gasteiger partial charge on any atom is -0.238 e. The lowest BCUT2D eigenvalue weighted by Crippen LogP contribution is -1.93. The number of hydrogen-bond acceptors (Lipinski definition) is 5. The highest BCUT2D eigenvalue weighted by Gasteiger charge is 2.15. The summed E-state index contributed by atoms with van der Waals surface area (Å²) < 4.78 is 14.1. The zero-order valence-corrected chi connectivity index (χ0v) is 14.1. The van der Waals surface area contributed by atoms with Crippen LogP contribution in [0, 0.1) is 12.7 Å². The first kappa shape index (κ1) is 15.4. The third-order valence-electron chi connectivity index (χ3n) is 3.25. The number of halogens is 1. The fourth-order valence-electron chi connectivity index (χ4n) is 2.13. The van der Waals surface area contributed by atoms with Crippen molar-refractivity contribution in [2.45, 2.75) is 31.7 Å². The molecule has 0 saturated carbocycles. The van der Waals surface area contributed by atoms with Crippen LogP contribution in [0.25, 0.3) is 21.5 Å². The average Bonchev–Trinajstić information content (AvgIpc) is 2.90. The van der Waals surface area contributed by atoms with E-state index in [1.165, 1.54) is 12.1 Å². The molecule has 3 nitrogen and oxygen atoms in total. The lowest BCUT2D eigenvalue weighted by Gasteiger charge is -2.04. The number of thiazole rings is 1. The molecule has 0 saturated heterocycles. The molecule has 3 rings (SSSR count). The number of thioether (sulfide) groups is 1. The Morgan fingerprint density at radius 1 is 1.18 bits per heavy atom. The number of rotatable bonds is 5. The van der Waals surface area contributed by atoms with Gasteiger partial charge in [0.15, 0.2) is 0 Å². The van der Waals surface area contributed by atoms with Crippen molar-refractivity contribution < 1.29 is 4.39 Å². The van der Waals surface area contributed by atoms with Crippen LogP contribution in [0.2, 0.25) is 0 Å². The first-order chi connectivity index (χ1) is 10.7. The molecule has 22 heavy (non-hydrogen) atoms. The maximum Gasteiger partial charge on any atom is 0.146 e. The molecule has 0 spiro atoms. The van der Waals surface area contributed by atoms with Crippen LogP contribution in [0.5, 0.6) is 0 Å². The number of fused-ring (bicyclic) bond motifs is 1. The number of unbranched alkanes of at least 4 members (excludes halogenated alkanes) is 1. The molecular formula is C16H16FN3S2. The Hall–Kier alpha value is -1.53. The van der Waals surface area contributed by atoms with Crippen molar-refractivity contribution in [1.29, 1.82) is 0 Å². The van der Waals surface area contributed by atoms with E-state index < -0.39 is 0 Å². The molecule has 0 aliphatic rings. The maximum absolute atomic E-state index is 13.1. The van der Waals surface area contributed by atoms with Crippen molar-refractivity contribution in [3.63, 3.8) is 0 Å². The van der Waals surface area contributed by atoms with Crippen LogP contribution in [-0.2, 0) is 0 Å². The third-order valence-corrected chi connectivity index (χ3v) is 5.27. The second kappa shape index (κ2) is 6.71. The van der Waals surface area contributed by atoms with Crippen LogP contribution in [0.4, 0.5) is 4.39 Å². The second-order valence-electron chi connectivity index (χ2n) is 4.97. The molecule has 1 aromatic carbocycles. The molecule has 2 aromatic heterocycles. The molecule has 0 atom stereocenters. The van der Waals surface area contributed by atoms with Gasteiger partial charge in [0.1, 0.15) is 22.1 Å². The van der Waals surface area contributed by atoms with Crippen LogP contribution in [0.15, 0.2) is 29.3 Å². The number of nitrogens with zero attached hydrogens (tertiary/aromatic N) is 3. The van der Waals surface area contributed by atoms with Crippen LogP contribution >= 0.6 is 23.1 Å². The van der Waals surface area contributed by atoms with Gasteiger partial charge >= 0.3 is 0 Å². The second-order valence-corrected chi connectivity index (χ2v) is 7.26. The predicted octanol–water partition coefficient (Wildman–Crippen LogP) is 5.09. The molecule has 3 aromatic rings. The smallest absolute Gasteiger partial charge is 0.146 e. The summed E-state index contributed by atoms with van der Waals surface area (Å²) in [7, 11) is 0. The van der Waals surface area contributed by atoms with Crippen molar-refractivity contribution in [3.05, 3.63) is 35.1 Å². The number of aromatic nitrogens is 3. The normalized spacial score (nSPS) is 11.2. The molecule has 0 radical (unpaired) electrons. The van der Waals surface area contributed by atoms with Gasteiger partial charge in [0.05, 0.1) is 9.71 Å². The minimum absolute atomic E-state index is 0.250. The van der Waals surface area contributed by atoms with Crippen molar-refractivity contribution in [1.82, 2.24) is 15.2 Å². The Bertz CT molecular complexity index is 784. The van der Waals surface area contributed by atoms with E-state index in [1.54, 1.807) is 35.2 Å². The molecular weight excluding hydrogens is 317 g/mol. The van der Waals surface area contributed by atoms with Crippen molar-refractivity contribution in [3.8, 4) is 11.3 Å². The highest BCUT2D eigenvalue weighted by Crippen LogP contribution is 2.35. The minimum atomic E-state index is -0.250. The van der Waals surface area contributed by atoms with Crippen LogP contribution in [0.1, 0.15) is 24.8 Å².